The summed E-state index contributed by atoms with van der Waals surface area (Å²) >= 11 is 0. The number of pyridine rings is 1. The molecular formula is C25H19F4N3O5S. The minimum atomic E-state index is -4.61. The van der Waals surface area contributed by atoms with E-state index in [1.54, 1.807) is 6.07 Å². The first kappa shape index (κ1) is 25.7. The molecule has 3 N–H and O–H groups in total. The van der Waals surface area contributed by atoms with Crippen LogP contribution in [0.3, 0.4) is 0 Å². The Bertz CT molecular complexity index is 1660. The molecule has 0 atom stereocenters. The molecule has 0 bridgehead atoms. The Kier molecular flexibility index (Phi) is 6.15. The number of nitrogens with one attached hydrogen (secondary N) is 2. The zero-order valence-electron chi connectivity index (χ0n) is 19.3. The van der Waals surface area contributed by atoms with Crippen LogP contribution in [-0.4, -0.2) is 30.0 Å². The maximum Gasteiger partial charge on any atom is 0.416 e. The molecule has 1 aliphatic carbocycles. The number of rotatable bonds is 7. The quantitative estimate of drug-likeness (QED) is 0.292. The zero-order valence-corrected chi connectivity index (χ0v) is 20.2. The number of aromatic nitrogens is 1. The van der Waals surface area contributed by atoms with Gasteiger partial charge >= 0.3 is 6.18 Å². The molecule has 8 nitrogen and oxygen atoms in total. The van der Waals surface area contributed by atoms with Crippen LogP contribution in [0, 0.1) is 5.82 Å². The highest BCUT2D eigenvalue weighted by molar-refractivity contribution is 7.89. The Morgan fingerprint density at radius 2 is 1.84 bits per heavy atom. The molecule has 4 aromatic rings. The number of phenols is 1. The van der Waals surface area contributed by atoms with E-state index in [1.165, 1.54) is 24.4 Å². The monoisotopic (exact) mass is 549 g/mol. The molecule has 0 aliphatic heterocycles. The van der Waals surface area contributed by atoms with Crippen LogP contribution in [0.15, 0.2) is 70.3 Å². The van der Waals surface area contributed by atoms with Crippen molar-refractivity contribution in [1.82, 2.24) is 15.0 Å². The van der Waals surface area contributed by atoms with Crippen molar-refractivity contribution in [2.45, 2.75) is 36.2 Å². The van der Waals surface area contributed by atoms with Gasteiger partial charge in [0.2, 0.25) is 11.0 Å². The number of phenolic OH excluding ortho intramolecular Hbond substituents is 1. The number of nitrogens with zero attached hydrogens (tertiary/aromatic N) is 1. The van der Waals surface area contributed by atoms with Crippen LogP contribution in [0.25, 0.3) is 22.2 Å². The number of hydrogen-bond acceptors (Lipinski definition) is 6. The summed E-state index contributed by atoms with van der Waals surface area (Å²) in [5, 5.41) is 12.5. The Morgan fingerprint density at radius 1 is 1.08 bits per heavy atom. The standard InChI is InChI=1S/C25H19F4N3O5S/c26-17-2-4-21-15(10-17)11-22(37-21)38(35,36)32-24(6-7-24)23(34)31-13-14-5-8-30-19(9-14)18-3-1-16(12-20(18)33)25(27,28)29/h1-5,8-12,32-33H,6-7,13H2,(H,31,34). The number of aromatic hydroxyl groups is 1. The lowest BCUT2D eigenvalue weighted by molar-refractivity contribution is -0.137. The van der Waals surface area contributed by atoms with Gasteiger partial charge in [-0.2, -0.15) is 17.9 Å². The fourth-order valence-electron chi connectivity index (χ4n) is 3.94. The normalized spacial score (nSPS) is 14.9. The lowest BCUT2D eigenvalue weighted by atomic mass is 10.0. The van der Waals surface area contributed by atoms with Crippen molar-refractivity contribution in [2.24, 2.45) is 0 Å². The van der Waals surface area contributed by atoms with E-state index in [4.69, 9.17) is 4.42 Å². The molecule has 5 rings (SSSR count). The van der Waals surface area contributed by atoms with Crippen molar-refractivity contribution >= 4 is 26.9 Å². The molecule has 38 heavy (non-hydrogen) atoms. The summed E-state index contributed by atoms with van der Waals surface area (Å²) in [4.78, 5) is 17.0. The van der Waals surface area contributed by atoms with Crippen LogP contribution in [0.2, 0.25) is 0 Å². The third-order valence-corrected chi connectivity index (χ3v) is 7.50. The Hall–Kier alpha value is -3.97. The molecule has 2 aromatic carbocycles. The smallest absolute Gasteiger partial charge is 0.416 e. The van der Waals surface area contributed by atoms with Crippen molar-refractivity contribution in [3.8, 4) is 17.0 Å². The van der Waals surface area contributed by atoms with Gasteiger partial charge in [0.15, 0.2) is 0 Å². The van der Waals surface area contributed by atoms with Gasteiger partial charge in [0, 0.05) is 29.8 Å². The van der Waals surface area contributed by atoms with Crippen LogP contribution < -0.4 is 10.0 Å². The van der Waals surface area contributed by atoms with Crippen molar-refractivity contribution in [3.63, 3.8) is 0 Å². The maximum absolute atomic E-state index is 13.4. The summed E-state index contributed by atoms with van der Waals surface area (Å²) in [6.45, 7) is -0.0385. The lowest BCUT2D eigenvalue weighted by Crippen LogP contribution is -2.48. The van der Waals surface area contributed by atoms with Gasteiger partial charge in [0.25, 0.3) is 10.0 Å². The Morgan fingerprint density at radius 3 is 2.53 bits per heavy atom. The summed E-state index contributed by atoms with van der Waals surface area (Å²) in [7, 11) is -4.24. The first-order valence-corrected chi connectivity index (χ1v) is 12.7. The van der Waals surface area contributed by atoms with Crippen LogP contribution in [0.5, 0.6) is 5.75 Å². The second-order valence-corrected chi connectivity index (χ2v) is 10.5. The summed E-state index contributed by atoms with van der Waals surface area (Å²) in [5.41, 5.74) is -1.44. The van der Waals surface area contributed by atoms with Crippen LogP contribution in [0.1, 0.15) is 24.0 Å². The largest absolute Gasteiger partial charge is 0.507 e. The summed E-state index contributed by atoms with van der Waals surface area (Å²) in [6.07, 6.45) is -2.76. The van der Waals surface area contributed by atoms with E-state index in [0.29, 0.717) is 11.6 Å². The van der Waals surface area contributed by atoms with Gasteiger partial charge in [-0.3, -0.25) is 9.78 Å². The number of fused-ring (bicyclic) bond motifs is 1. The van der Waals surface area contributed by atoms with Gasteiger partial charge in [-0.05, 0) is 66.9 Å². The third-order valence-electron chi connectivity index (χ3n) is 6.11. The molecule has 0 unspecified atom stereocenters. The molecule has 198 valence electrons. The number of halogens is 4. The van der Waals surface area contributed by atoms with Crippen LogP contribution >= 0.6 is 0 Å². The first-order valence-electron chi connectivity index (χ1n) is 11.2. The van der Waals surface area contributed by atoms with Crippen molar-refractivity contribution in [2.75, 3.05) is 0 Å². The topological polar surface area (TPSA) is 122 Å². The molecule has 1 fully saturated rings. The SMILES string of the molecule is O=C(NCc1ccnc(-c2ccc(C(F)(F)F)cc2O)c1)C1(NS(=O)(=O)c2cc3cc(F)ccc3o2)CC1. The first-order chi connectivity index (χ1) is 17.9. The molecule has 0 saturated heterocycles. The number of carbonyl (C=O) groups excluding carboxylic acids is 1. The molecule has 0 radical (unpaired) electrons. The number of benzene rings is 2. The van der Waals surface area contributed by atoms with Crippen LogP contribution in [0.4, 0.5) is 17.6 Å². The second-order valence-electron chi connectivity index (χ2n) is 8.90. The van der Waals surface area contributed by atoms with E-state index in [0.717, 1.165) is 24.3 Å². The average molecular weight is 550 g/mol. The van der Waals surface area contributed by atoms with Crippen molar-refractivity contribution in [1.29, 1.82) is 0 Å². The molecule has 13 heteroatoms. The Balaban J connectivity index is 1.28. The number of alkyl halides is 3. The molecular weight excluding hydrogens is 530 g/mol. The number of amides is 1. The van der Waals surface area contributed by atoms with Crippen LogP contribution in [-0.2, 0) is 27.5 Å². The number of sulfonamides is 1. The minimum Gasteiger partial charge on any atom is -0.507 e. The van der Waals surface area contributed by atoms with E-state index < -0.39 is 49.9 Å². The van der Waals surface area contributed by atoms with Crippen molar-refractivity contribution < 1.29 is 40.3 Å². The van der Waals surface area contributed by atoms with E-state index in [9.17, 15) is 35.9 Å². The van der Waals surface area contributed by atoms with E-state index in [-0.39, 0.29) is 41.6 Å². The van der Waals surface area contributed by atoms with Gasteiger partial charge in [0.05, 0.1) is 11.3 Å². The lowest BCUT2D eigenvalue weighted by Gasteiger charge is -2.16. The number of hydrogen-bond donors (Lipinski definition) is 3. The average Bonchev–Trinajstić information content (AvgIpc) is 3.49. The summed E-state index contributed by atoms with van der Waals surface area (Å²) < 4.78 is 85.5. The Labute approximate surface area is 213 Å². The molecule has 1 saturated carbocycles. The van der Waals surface area contributed by atoms with Gasteiger partial charge in [-0.25, -0.2) is 12.8 Å². The third kappa shape index (κ3) is 5.07. The van der Waals surface area contributed by atoms with Gasteiger partial charge < -0.3 is 14.8 Å². The van der Waals surface area contributed by atoms with Gasteiger partial charge in [0.1, 0.15) is 22.7 Å². The predicted octanol–water partition coefficient (Wildman–Crippen LogP) is 4.49. The highest BCUT2D eigenvalue weighted by Gasteiger charge is 2.53. The minimum absolute atomic E-state index is 0.0385. The summed E-state index contributed by atoms with van der Waals surface area (Å²) in [5.74, 6) is -1.74. The predicted molar refractivity (Wildman–Crippen MR) is 127 cm³/mol. The number of furan rings is 1. The highest BCUT2D eigenvalue weighted by Crippen LogP contribution is 2.38. The van der Waals surface area contributed by atoms with E-state index in [2.05, 4.69) is 15.0 Å². The fraction of sp³-hybridized carbons (Fsp3) is 0.200. The molecule has 2 aromatic heterocycles. The summed E-state index contributed by atoms with van der Waals surface area (Å²) in [6, 6.07) is 10.3. The van der Waals surface area contributed by atoms with Crippen molar-refractivity contribution in [3.05, 3.63) is 77.7 Å². The molecule has 2 heterocycles. The van der Waals surface area contributed by atoms with E-state index in [1.807, 2.05) is 0 Å². The molecule has 1 aliphatic rings. The second kappa shape index (κ2) is 9.10. The zero-order chi connectivity index (χ0) is 27.3. The fourth-order valence-corrected chi connectivity index (χ4v) is 5.33. The molecule has 0 spiro atoms. The van der Waals surface area contributed by atoms with Gasteiger partial charge in [-0.1, -0.05) is 0 Å². The maximum atomic E-state index is 13.4. The van der Waals surface area contributed by atoms with E-state index >= 15 is 0 Å². The van der Waals surface area contributed by atoms with Gasteiger partial charge in [-0.15, -0.1) is 0 Å². The molecule has 1 amide bonds. The highest BCUT2D eigenvalue weighted by atomic mass is 32.2. The number of carbonyl (C=O) groups is 1.